The molecule has 2 saturated carbocycles. The molecule has 0 saturated heterocycles. The number of aromatic nitrogens is 1. The number of amides is 1. The Morgan fingerprint density at radius 1 is 1.00 bits per heavy atom. The van der Waals surface area contributed by atoms with Gasteiger partial charge in [-0.3, -0.25) is 4.79 Å². The lowest BCUT2D eigenvalue weighted by molar-refractivity contribution is -0.111. The van der Waals surface area contributed by atoms with Gasteiger partial charge in [0.1, 0.15) is 11.6 Å². The lowest BCUT2D eigenvalue weighted by Crippen LogP contribution is -2.15. The van der Waals surface area contributed by atoms with Crippen LogP contribution in [0.4, 0.5) is 14.5 Å². The number of carbonyl (C=O) groups is 1. The normalized spacial score (nSPS) is 17.4. The summed E-state index contributed by atoms with van der Waals surface area (Å²) in [6, 6.07) is 10.3. The Labute approximate surface area is 203 Å². The largest absolute Gasteiger partial charge is 0.341 e. The second-order valence-electron chi connectivity index (χ2n) is 9.69. The van der Waals surface area contributed by atoms with Crippen molar-refractivity contribution in [3.8, 4) is 0 Å². The summed E-state index contributed by atoms with van der Waals surface area (Å²) in [5.41, 5.74) is 2.27. The summed E-state index contributed by atoms with van der Waals surface area (Å²) in [4.78, 5) is 12.6. The van der Waals surface area contributed by atoms with Crippen LogP contribution in [0.1, 0.15) is 68.5 Å². The average Bonchev–Trinajstić information content (AvgIpc) is 3.10. The van der Waals surface area contributed by atoms with Gasteiger partial charge < -0.3 is 9.88 Å². The summed E-state index contributed by atoms with van der Waals surface area (Å²) < 4.78 is 31.2. The van der Waals surface area contributed by atoms with Crippen LogP contribution in [0.15, 0.2) is 42.5 Å². The molecule has 0 radical (unpaired) electrons. The van der Waals surface area contributed by atoms with Gasteiger partial charge in [0, 0.05) is 45.5 Å². The highest BCUT2D eigenvalue weighted by atomic mass is 35.5. The first-order valence-electron chi connectivity index (χ1n) is 12.2. The van der Waals surface area contributed by atoms with E-state index in [2.05, 4.69) is 9.88 Å². The van der Waals surface area contributed by atoms with E-state index >= 15 is 0 Å². The van der Waals surface area contributed by atoms with Gasteiger partial charge in [-0.1, -0.05) is 37.3 Å². The first-order chi connectivity index (χ1) is 16.5. The Bertz CT molecular complexity index is 1220. The molecule has 178 valence electrons. The zero-order valence-electron chi connectivity index (χ0n) is 19.1. The predicted octanol–water partition coefficient (Wildman–Crippen LogP) is 8.07. The van der Waals surface area contributed by atoms with Crippen LogP contribution in [-0.4, -0.2) is 10.5 Å². The molecule has 2 aromatic carbocycles. The predicted molar refractivity (Wildman–Crippen MR) is 134 cm³/mol. The van der Waals surface area contributed by atoms with Crippen LogP contribution in [-0.2, 0) is 11.3 Å². The molecule has 1 aromatic heterocycles. The summed E-state index contributed by atoms with van der Waals surface area (Å²) in [5.74, 6) is -1.05. The van der Waals surface area contributed by atoms with Crippen molar-refractivity contribution in [1.29, 1.82) is 0 Å². The first-order valence-corrected chi connectivity index (χ1v) is 12.6. The molecule has 1 heterocycles. The van der Waals surface area contributed by atoms with E-state index in [1.807, 2.05) is 24.3 Å². The second kappa shape index (κ2) is 9.91. The highest BCUT2D eigenvalue weighted by Crippen LogP contribution is 2.39. The minimum absolute atomic E-state index is 0.0516. The molecule has 2 aliphatic carbocycles. The van der Waals surface area contributed by atoms with Gasteiger partial charge in [0.05, 0.1) is 0 Å². The van der Waals surface area contributed by atoms with E-state index in [9.17, 15) is 13.6 Å². The van der Waals surface area contributed by atoms with Crippen molar-refractivity contribution in [1.82, 2.24) is 4.57 Å². The van der Waals surface area contributed by atoms with Crippen molar-refractivity contribution < 1.29 is 13.6 Å². The number of halogens is 3. The number of carbonyl (C=O) groups excluding carboxylic acids is 1. The molecule has 3 nitrogen and oxygen atoms in total. The molecule has 0 atom stereocenters. The quantitative estimate of drug-likeness (QED) is 0.354. The molecule has 1 N–H and O–H groups in total. The van der Waals surface area contributed by atoms with Crippen LogP contribution in [0.5, 0.6) is 0 Å². The first kappa shape index (κ1) is 23.1. The van der Waals surface area contributed by atoms with Crippen LogP contribution >= 0.6 is 11.6 Å². The van der Waals surface area contributed by atoms with Crippen molar-refractivity contribution in [2.45, 2.75) is 63.8 Å². The van der Waals surface area contributed by atoms with Gasteiger partial charge in [-0.05, 0) is 80.0 Å². The Kier molecular flexibility index (Phi) is 6.73. The lowest BCUT2D eigenvalue weighted by Gasteiger charge is -2.26. The van der Waals surface area contributed by atoms with Gasteiger partial charge >= 0.3 is 0 Å². The standard InChI is InChI=1S/C28H29ClF2N2O/c29-21-9-11-26-20(13-21)14-23(33(26)17-18-5-2-1-3-6-18)10-12-27(34)32-22-15-24(30)28(25(31)16-22)19-7-4-8-19/h9-16,18-19H,1-8,17H2,(H,32,34)/b12-10+. The summed E-state index contributed by atoms with van der Waals surface area (Å²) in [6.45, 7) is 0.894. The summed E-state index contributed by atoms with van der Waals surface area (Å²) in [7, 11) is 0. The van der Waals surface area contributed by atoms with Gasteiger partial charge in [0.2, 0.25) is 5.91 Å². The van der Waals surface area contributed by atoms with Crippen molar-refractivity contribution >= 4 is 40.2 Å². The number of rotatable bonds is 6. The third kappa shape index (κ3) is 4.90. The van der Waals surface area contributed by atoms with E-state index in [1.165, 1.54) is 50.3 Å². The van der Waals surface area contributed by atoms with E-state index in [1.54, 1.807) is 6.08 Å². The fraction of sp³-hybridized carbons (Fsp3) is 0.393. The molecule has 6 heteroatoms. The van der Waals surface area contributed by atoms with Crippen molar-refractivity contribution in [2.75, 3.05) is 5.32 Å². The maximum atomic E-state index is 14.5. The minimum atomic E-state index is -0.589. The van der Waals surface area contributed by atoms with E-state index < -0.39 is 17.5 Å². The van der Waals surface area contributed by atoms with Crippen LogP contribution in [0.2, 0.25) is 5.02 Å². The minimum Gasteiger partial charge on any atom is -0.341 e. The van der Waals surface area contributed by atoms with Crippen LogP contribution < -0.4 is 5.32 Å². The third-order valence-electron chi connectivity index (χ3n) is 7.33. The highest BCUT2D eigenvalue weighted by Gasteiger charge is 2.26. The van der Waals surface area contributed by atoms with Crippen molar-refractivity contribution in [3.63, 3.8) is 0 Å². The van der Waals surface area contributed by atoms with Crippen molar-refractivity contribution in [3.05, 3.63) is 70.4 Å². The molecule has 34 heavy (non-hydrogen) atoms. The molecule has 3 aromatic rings. The third-order valence-corrected chi connectivity index (χ3v) is 7.56. The molecular formula is C28H29ClF2N2O. The summed E-state index contributed by atoms with van der Waals surface area (Å²) >= 11 is 6.21. The molecule has 5 rings (SSSR count). The number of nitrogens with zero attached hydrogens (tertiary/aromatic N) is 1. The number of nitrogens with one attached hydrogen (secondary N) is 1. The van der Waals surface area contributed by atoms with Gasteiger partial charge in [0.25, 0.3) is 0 Å². The Balaban J connectivity index is 1.36. The summed E-state index contributed by atoms with van der Waals surface area (Å²) in [5, 5.41) is 4.30. The van der Waals surface area contributed by atoms with Crippen molar-refractivity contribution in [2.24, 2.45) is 5.92 Å². The monoisotopic (exact) mass is 482 g/mol. The second-order valence-corrected chi connectivity index (χ2v) is 10.1. The molecule has 0 aliphatic heterocycles. The molecular weight excluding hydrogens is 454 g/mol. The zero-order chi connectivity index (χ0) is 23.7. The Morgan fingerprint density at radius 2 is 1.74 bits per heavy atom. The van der Waals surface area contributed by atoms with Gasteiger partial charge in [-0.15, -0.1) is 0 Å². The number of hydrogen-bond donors (Lipinski definition) is 1. The van der Waals surface area contributed by atoms with E-state index in [-0.39, 0.29) is 17.2 Å². The molecule has 1 amide bonds. The zero-order valence-corrected chi connectivity index (χ0v) is 19.9. The Morgan fingerprint density at radius 3 is 2.41 bits per heavy atom. The Hall–Kier alpha value is -2.66. The number of anilines is 1. The fourth-order valence-electron chi connectivity index (χ4n) is 5.32. The number of hydrogen-bond acceptors (Lipinski definition) is 1. The van der Waals surface area contributed by atoms with Gasteiger partial charge in [-0.2, -0.15) is 0 Å². The molecule has 0 unspecified atom stereocenters. The smallest absolute Gasteiger partial charge is 0.248 e. The fourth-order valence-corrected chi connectivity index (χ4v) is 5.50. The lowest BCUT2D eigenvalue weighted by atomic mass is 9.79. The van der Waals surface area contributed by atoms with E-state index in [0.29, 0.717) is 10.9 Å². The van der Waals surface area contributed by atoms with E-state index in [4.69, 9.17) is 11.6 Å². The number of benzene rings is 2. The van der Waals surface area contributed by atoms with Crippen LogP contribution in [0, 0.1) is 17.6 Å². The van der Waals surface area contributed by atoms with E-state index in [0.717, 1.165) is 42.4 Å². The maximum Gasteiger partial charge on any atom is 0.248 e. The highest BCUT2D eigenvalue weighted by molar-refractivity contribution is 6.31. The molecule has 2 aliphatic rings. The molecule has 0 bridgehead atoms. The molecule has 2 fully saturated rings. The SMILES string of the molecule is O=C(/C=C/c1cc2cc(Cl)ccc2n1CC1CCCCC1)Nc1cc(F)c(C2CCC2)c(F)c1. The van der Waals surface area contributed by atoms with Gasteiger partial charge in [0.15, 0.2) is 0 Å². The topological polar surface area (TPSA) is 34.0 Å². The molecule has 0 spiro atoms. The summed E-state index contributed by atoms with van der Waals surface area (Å²) in [6.07, 6.45) is 12.0. The average molecular weight is 483 g/mol. The van der Waals surface area contributed by atoms with Gasteiger partial charge in [-0.25, -0.2) is 8.78 Å². The maximum absolute atomic E-state index is 14.5. The number of fused-ring (bicyclic) bond motifs is 1. The van der Waals surface area contributed by atoms with Crippen LogP contribution in [0.3, 0.4) is 0 Å². The van der Waals surface area contributed by atoms with Crippen LogP contribution in [0.25, 0.3) is 17.0 Å².